The van der Waals surface area contributed by atoms with Crippen molar-refractivity contribution in [3.8, 4) is 11.3 Å². The quantitative estimate of drug-likeness (QED) is 0.474. The zero-order valence-electron chi connectivity index (χ0n) is 15.4. The minimum absolute atomic E-state index is 0.0878. The van der Waals surface area contributed by atoms with Crippen LogP contribution in [-0.4, -0.2) is 43.9 Å². The fourth-order valence-electron chi connectivity index (χ4n) is 3.14. The number of hydrogen-bond donors (Lipinski definition) is 0. The molecule has 5 nitrogen and oxygen atoms in total. The SMILES string of the molecule is O=S(=O)(c1ccc(F)cc1Cl)N1CCN(c2nc(-c3ccc(Cl)c(Cl)c3)cs2)CC1. The van der Waals surface area contributed by atoms with Gasteiger partial charge in [0.2, 0.25) is 10.0 Å². The second-order valence-electron chi connectivity index (χ2n) is 6.61. The molecule has 0 unspecified atom stereocenters. The Morgan fingerprint density at radius 1 is 0.933 bits per heavy atom. The average Bonchev–Trinajstić information content (AvgIpc) is 3.20. The Hall–Kier alpha value is -1.42. The van der Waals surface area contributed by atoms with Crippen LogP contribution in [0.2, 0.25) is 15.1 Å². The summed E-state index contributed by atoms with van der Waals surface area (Å²) in [5.41, 5.74) is 1.64. The number of benzene rings is 2. The lowest BCUT2D eigenvalue weighted by atomic mass is 10.2. The molecular weight excluding hydrogens is 492 g/mol. The zero-order chi connectivity index (χ0) is 21.5. The fraction of sp³-hybridized carbons (Fsp3) is 0.211. The van der Waals surface area contributed by atoms with Crippen LogP contribution < -0.4 is 4.90 Å². The van der Waals surface area contributed by atoms with Gasteiger partial charge in [0.15, 0.2) is 5.13 Å². The lowest BCUT2D eigenvalue weighted by Gasteiger charge is -2.33. The largest absolute Gasteiger partial charge is 0.345 e. The third-order valence-electron chi connectivity index (χ3n) is 4.73. The Morgan fingerprint density at radius 2 is 1.67 bits per heavy atom. The van der Waals surface area contributed by atoms with E-state index in [0.29, 0.717) is 23.1 Å². The van der Waals surface area contributed by atoms with Crippen LogP contribution in [0.4, 0.5) is 9.52 Å². The number of anilines is 1. The lowest BCUT2D eigenvalue weighted by Crippen LogP contribution is -2.48. The van der Waals surface area contributed by atoms with E-state index in [1.165, 1.54) is 21.7 Å². The maximum atomic E-state index is 13.3. The molecule has 0 radical (unpaired) electrons. The van der Waals surface area contributed by atoms with Gasteiger partial charge in [0, 0.05) is 37.1 Å². The van der Waals surface area contributed by atoms with Gasteiger partial charge in [-0.2, -0.15) is 4.31 Å². The molecule has 1 saturated heterocycles. The topological polar surface area (TPSA) is 53.5 Å². The Morgan fingerprint density at radius 3 is 2.33 bits per heavy atom. The molecule has 0 N–H and O–H groups in total. The number of halogens is 4. The molecule has 11 heteroatoms. The van der Waals surface area contributed by atoms with Crippen LogP contribution >= 0.6 is 46.1 Å². The first kappa shape index (κ1) is 21.8. The number of thiazole rings is 1. The van der Waals surface area contributed by atoms with E-state index in [0.717, 1.165) is 28.5 Å². The van der Waals surface area contributed by atoms with E-state index < -0.39 is 15.8 Å². The summed E-state index contributed by atoms with van der Waals surface area (Å²) in [5, 5.41) is 3.55. The monoisotopic (exact) mass is 505 g/mol. The lowest BCUT2D eigenvalue weighted by molar-refractivity contribution is 0.384. The number of rotatable bonds is 4. The smallest absolute Gasteiger partial charge is 0.244 e. The van der Waals surface area contributed by atoms with Gasteiger partial charge in [-0.05, 0) is 30.3 Å². The zero-order valence-corrected chi connectivity index (χ0v) is 19.3. The molecule has 2 heterocycles. The van der Waals surface area contributed by atoms with Crippen molar-refractivity contribution in [1.82, 2.24) is 9.29 Å². The number of aromatic nitrogens is 1. The maximum absolute atomic E-state index is 13.3. The Balaban J connectivity index is 1.47. The molecule has 0 bridgehead atoms. The minimum Gasteiger partial charge on any atom is -0.345 e. The van der Waals surface area contributed by atoms with E-state index in [2.05, 4.69) is 4.98 Å². The standard InChI is InChI=1S/C19H15Cl3FN3O2S2/c20-14-3-1-12(9-15(14)21)17-11-29-19(24-17)25-5-7-26(8-6-25)30(27,28)18-4-2-13(23)10-16(18)22/h1-4,9-11H,5-8H2. The first-order valence-electron chi connectivity index (χ1n) is 8.87. The minimum atomic E-state index is -3.80. The van der Waals surface area contributed by atoms with Crippen LogP contribution in [0.25, 0.3) is 11.3 Å². The normalized spacial score (nSPS) is 15.5. The third kappa shape index (κ3) is 4.30. The first-order chi connectivity index (χ1) is 14.3. The second-order valence-corrected chi connectivity index (χ2v) is 10.6. The van der Waals surface area contributed by atoms with Crippen molar-refractivity contribution in [2.75, 3.05) is 31.1 Å². The van der Waals surface area contributed by atoms with Crippen LogP contribution in [0.15, 0.2) is 46.7 Å². The van der Waals surface area contributed by atoms with Crippen LogP contribution in [0, 0.1) is 5.82 Å². The first-order valence-corrected chi connectivity index (χ1v) is 12.3. The molecule has 3 aromatic rings. The molecule has 1 aliphatic rings. The van der Waals surface area contributed by atoms with Gasteiger partial charge < -0.3 is 4.90 Å². The Bertz CT molecular complexity index is 1200. The number of hydrogen-bond acceptors (Lipinski definition) is 5. The van der Waals surface area contributed by atoms with E-state index in [1.807, 2.05) is 16.3 Å². The van der Waals surface area contributed by atoms with Crippen molar-refractivity contribution >= 4 is 61.3 Å². The number of sulfonamides is 1. The Labute approximate surface area is 192 Å². The average molecular weight is 507 g/mol. The highest BCUT2D eigenvalue weighted by molar-refractivity contribution is 7.89. The van der Waals surface area contributed by atoms with E-state index in [1.54, 1.807) is 12.1 Å². The second kappa shape index (κ2) is 8.61. The maximum Gasteiger partial charge on any atom is 0.244 e. The van der Waals surface area contributed by atoms with Crippen LogP contribution in [0.3, 0.4) is 0 Å². The van der Waals surface area contributed by atoms with E-state index >= 15 is 0 Å². The molecule has 1 aliphatic heterocycles. The van der Waals surface area contributed by atoms with Crippen molar-refractivity contribution in [2.45, 2.75) is 4.90 Å². The van der Waals surface area contributed by atoms with Gasteiger partial charge in [0.05, 0.1) is 20.8 Å². The predicted molar refractivity (Wildman–Crippen MR) is 120 cm³/mol. The molecule has 0 atom stereocenters. The summed E-state index contributed by atoms with van der Waals surface area (Å²) in [5.74, 6) is -0.578. The highest BCUT2D eigenvalue weighted by Crippen LogP contribution is 2.33. The summed E-state index contributed by atoms with van der Waals surface area (Å²) >= 11 is 19.5. The molecule has 0 amide bonds. The number of piperazine rings is 1. The molecule has 30 heavy (non-hydrogen) atoms. The van der Waals surface area contributed by atoms with Crippen LogP contribution in [-0.2, 0) is 10.0 Å². The summed E-state index contributed by atoms with van der Waals surface area (Å²) in [4.78, 5) is 6.60. The van der Waals surface area contributed by atoms with E-state index in [-0.39, 0.29) is 23.0 Å². The summed E-state index contributed by atoms with van der Waals surface area (Å²) in [6.45, 7) is 1.51. The molecule has 0 spiro atoms. The predicted octanol–water partition coefficient (Wildman–Crippen LogP) is 5.42. The molecule has 0 aliphatic carbocycles. The van der Waals surface area contributed by atoms with Crippen molar-refractivity contribution in [2.24, 2.45) is 0 Å². The molecule has 0 saturated carbocycles. The van der Waals surface area contributed by atoms with Crippen molar-refractivity contribution in [3.63, 3.8) is 0 Å². The highest BCUT2D eigenvalue weighted by atomic mass is 35.5. The van der Waals surface area contributed by atoms with Crippen molar-refractivity contribution in [1.29, 1.82) is 0 Å². The van der Waals surface area contributed by atoms with Crippen molar-refractivity contribution in [3.05, 3.63) is 62.7 Å². The van der Waals surface area contributed by atoms with Crippen LogP contribution in [0.5, 0.6) is 0 Å². The van der Waals surface area contributed by atoms with Gasteiger partial charge >= 0.3 is 0 Å². The molecule has 1 aromatic heterocycles. The summed E-state index contributed by atoms with van der Waals surface area (Å²) in [7, 11) is -3.80. The van der Waals surface area contributed by atoms with Gasteiger partial charge in [-0.25, -0.2) is 17.8 Å². The third-order valence-corrected chi connectivity index (χ3v) is 8.75. The van der Waals surface area contributed by atoms with E-state index in [4.69, 9.17) is 34.8 Å². The van der Waals surface area contributed by atoms with Gasteiger partial charge in [-0.1, -0.05) is 40.9 Å². The number of nitrogens with zero attached hydrogens (tertiary/aromatic N) is 3. The molecular formula is C19H15Cl3FN3O2S2. The molecule has 158 valence electrons. The van der Waals surface area contributed by atoms with E-state index in [9.17, 15) is 12.8 Å². The Kier molecular flexibility index (Phi) is 6.25. The highest BCUT2D eigenvalue weighted by Gasteiger charge is 2.31. The summed E-state index contributed by atoms with van der Waals surface area (Å²) in [6, 6.07) is 8.63. The fourth-order valence-corrected chi connectivity index (χ4v) is 6.25. The molecule has 2 aromatic carbocycles. The van der Waals surface area contributed by atoms with Crippen molar-refractivity contribution < 1.29 is 12.8 Å². The molecule has 4 rings (SSSR count). The van der Waals surface area contributed by atoms with Crippen LogP contribution in [0.1, 0.15) is 0 Å². The summed E-state index contributed by atoms with van der Waals surface area (Å²) < 4.78 is 40.4. The molecule has 1 fully saturated rings. The van der Waals surface area contributed by atoms with Gasteiger partial charge in [0.1, 0.15) is 10.7 Å². The van der Waals surface area contributed by atoms with Gasteiger partial charge in [0.25, 0.3) is 0 Å². The summed E-state index contributed by atoms with van der Waals surface area (Å²) in [6.07, 6.45) is 0. The van der Waals surface area contributed by atoms with Gasteiger partial charge in [-0.15, -0.1) is 11.3 Å². The van der Waals surface area contributed by atoms with Gasteiger partial charge in [-0.3, -0.25) is 0 Å².